The molecular formula is C9H17N5. The lowest BCUT2D eigenvalue weighted by atomic mass is 10.1. The summed E-state index contributed by atoms with van der Waals surface area (Å²) in [6.45, 7) is 3.23. The maximum atomic E-state index is 4.08. The third-order valence-electron chi connectivity index (χ3n) is 2.56. The fourth-order valence-electron chi connectivity index (χ4n) is 1.77. The molecule has 0 aromatic carbocycles. The highest BCUT2D eigenvalue weighted by Gasteiger charge is 2.11. The van der Waals surface area contributed by atoms with Crippen molar-refractivity contribution in [2.75, 3.05) is 19.6 Å². The van der Waals surface area contributed by atoms with Gasteiger partial charge in [0.2, 0.25) is 0 Å². The fraction of sp³-hybridized carbons (Fsp3) is 0.778. The van der Waals surface area contributed by atoms with Crippen LogP contribution in [0.25, 0.3) is 0 Å². The number of nitrogens with zero attached hydrogens (tertiary/aromatic N) is 2. The topological polar surface area (TPSA) is 65.6 Å². The number of hydrogen-bond donors (Lipinski definition) is 3. The molecule has 0 bridgehead atoms. The van der Waals surface area contributed by atoms with Gasteiger partial charge < -0.3 is 10.6 Å². The first-order valence-corrected chi connectivity index (χ1v) is 5.23. The second-order valence-corrected chi connectivity index (χ2v) is 3.68. The monoisotopic (exact) mass is 195 g/mol. The van der Waals surface area contributed by atoms with E-state index >= 15 is 0 Å². The van der Waals surface area contributed by atoms with E-state index in [1.54, 1.807) is 6.33 Å². The Kier molecular flexibility index (Phi) is 3.48. The first-order chi connectivity index (χ1) is 6.95. The molecule has 2 heterocycles. The van der Waals surface area contributed by atoms with Gasteiger partial charge in [-0.2, -0.15) is 5.10 Å². The molecule has 1 aliphatic rings. The first kappa shape index (κ1) is 9.61. The summed E-state index contributed by atoms with van der Waals surface area (Å²) in [4.78, 5) is 4.08. The average molecular weight is 195 g/mol. The number of hydrogen-bond acceptors (Lipinski definition) is 4. The highest BCUT2D eigenvalue weighted by Crippen LogP contribution is 2.00. The van der Waals surface area contributed by atoms with Crippen LogP contribution in [0.15, 0.2) is 6.33 Å². The molecule has 2 rings (SSSR count). The molecule has 0 amide bonds. The van der Waals surface area contributed by atoms with Crippen molar-refractivity contribution in [3.63, 3.8) is 0 Å². The average Bonchev–Trinajstić information content (AvgIpc) is 2.72. The van der Waals surface area contributed by atoms with Gasteiger partial charge in [-0.1, -0.05) is 0 Å². The van der Waals surface area contributed by atoms with E-state index in [9.17, 15) is 0 Å². The Morgan fingerprint density at radius 3 is 3.29 bits per heavy atom. The van der Waals surface area contributed by atoms with Crippen LogP contribution < -0.4 is 10.6 Å². The van der Waals surface area contributed by atoms with Crippen LogP contribution >= 0.6 is 0 Å². The smallest absolute Gasteiger partial charge is 0.137 e. The first-order valence-electron chi connectivity index (χ1n) is 5.23. The van der Waals surface area contributed by atoms with Crippen molar-refractivity contribution in [1.82, 2.24) is 25.8 Å². The number of rotatable bonds is 4. The van der Waals surface area contributed by atoms with Crippen LogP contribution in [-0.2, 0) is 6.42 Å². The van der Waals surface area contributed by atoms with Gasteiger partial charge in [0, 0.05) is 25.6 Å². The molecule has 1 aromatic rings. The van der Waals surface area contributed by atoms with Crippen LogP contribution in [0.4, 0.5) is 0 Å². The molecule has 1 saturated heterocycles. The Morgan fingerprint density at radius 1 is 1.57 bits per heavy atom. The van der Waals surface area contributed by atoms with E-state index < -0.39 is 0 Å². The summed E-state index contributed by atoms with van der Waals surface area (Å²) in [5.41, 5.74) is 0. The van der Waals surface area contributed by atoms with Crippen LogP contribution in [0.2, 0.25) is 0 Å². The highest BCUT2D eigenvalue weighted by molar-refractivity contribution is 4.82. The molecule has 0 spiro atoms. The summed E-state index contributed by atoms with van der Waals surface area (Å²) >= 11 is 0. The molecule has 1 atom stereocenters. The van der Waals surface area contributed by atoms with Crippen LogP contribution in [0.1, 0.15) is 18.7 Å². The van der Waals surface area contributed by atoms with Crippen LogP contribution in [-0.4, -0.2) is 40.9 Å². The Hall–Kier alpha value is -0.940. The summed E-state index contributed by atoms with van der Waals surface area (Å²) in [6, 6.07) is 0.631. The lowest BCUT2D eigenvalue weighted by Crippen LogP contribution is -2.43. The molecule has 5 nitrogen and oxygen atoms in total. The fourth-order valence-corrected chi connectivity index (χ4v) is 1.77. The second kappa shape index (κ2) is 5.07. The lowest BCUT2D eigenvalue weighted by molar-refractivity contribution is 0.391. The SMILES string of the molecule is c1n[nH]c(CCNC2CCCNC2)n1. The van der Waals surface area contributed by atoms with Crippen molar-refractivity contribution in [2.45, 2.75) is 25.3 Å². The summed E-state index contributed by atoms with van der Waals surface area (Å²) in [7, 11) is 0. The quantitative estimate of drug-likeness (QED) is 0.616. The molecule has 1 aromatic heterocycles. The van der Waals surface area contributed by atoms with E-state index in [4.69, 9.17) is 0 Å². The van der Waals surface area contributed by atoms with Gasteiger partial charge in [-0.15, -0.1) is 0 Å². The zero-order chi connectivity index (χ0) is 9.64. The zero-order valence-corrected chi connectivity index (χ0v) is 8.29. The van der Waals surface area contributed by atoms with Gasteiger partial charge in [0.25, 0.3) is 0 Å². The third kappa shape index (κ3) is 2.78. The Balaban J connectivity index is 1.62. The summed E-state index contributed by atoms with van der Waals surface area (Å²) < 4.78 is 0. The van der Waals surface area contributed by atoms with Crippen molar-refractivity contribution in [3.05, 3.63) is 12.2 Å². The largest absolute Gasteiger partial charge is 0.315 e. The van der Waals surface area contributed by atoms with Gasteiger partial charge >= 0.3 is 0 Å². The number of piperidine rings is 1. The number of aromatic amines is 1. The third-order valence-corrected chi connectivity index (χ3v) is 2.56. The molecule has 78 valence electrons. The van der Waals surface area contributed by atoms with E-state index in [1.165, 1.54) is 19.4 Å². The predicted molar refractivity (Wildman–Crippen MR) is 54.0 cm³/mol. The highest BCUT2D eigenvalue weighted by atomic mass is 15.2. The molecule has 0 aliphatic carbocycles. The van der Waals surface area contributed by atoms with Crippen LogP contribution in [0, 0.1) is 0 Å². The van der Waals surface area contributed by atoms with Gasteiger partial charge in [-0.25, -0.2) is 4.98 Å². The zero-order valence-electron chi connectivity index (χ0n) is 8.29. The van der Waals surface area contributed by atoms with E-state index in [0.717, 1.165) is 25.3 Å². The maximum Gasteiger partial charge on any atom is 0.137 e. The van der Waals surface area contributed by atoms with Gasteiger partial charge in [0.1, 0.15) is 12.2 Å². The minimum absolute atomic E-state index is 0.631. The molecule has 1 unspecified atom stereocenters. The standard InChI is InChI=1S/C9H17N5/c1-2-8(6-10-4-1)11-5-3-9-12-7-13-14-9/h7-8,10-11H,1-6H2,(H,12,13,14). The van der Waals surface area contributed by atoms with E-state index in [0.29, 0.717) is 6.04 Å². The second-order valence-electron chi connectivity index (χ2n) is 3.68. The van der Waals surface area contributed by atoms with Crippen molar-refractivity contribution >= 4 is 0 Å². The van der Waals surface area contributed by atoms with E-state index in [-0.39, 0.29) is 0 Å². The predicted octanol–water partition coefficient (Wildman–Crippen LogP) is -0.311. The summed E-state index contributed by atoms with van der Waals surface area (Å²) in [5, 5.41) is 13.6. The van der Waals surface area contributed by atoms with E-state index in [1.807, 2.05) is 0 Å². The minimum atomic E-state index is 0.631. The molecular weight excluding hydrogens is 178 g/mol. The molecule has 0 radical (unpaired) electrons. The Morgan fingerprint density at radius 2 is 2.57 bits per heavy atom. The number of H-pyrrole nitrogens is 1. The van der Waals surface area contributed by atoms with Gasteiger partial charge in [0.15, 0.2) is 0 Å². The Labute approximate surface area is 83.7 Å². The van der Waals surface area contributed by atoms with Gasteiger partial charge in [0.05, 0.1) is 0 Å². The van der Waals surface area contributed by atoms with Gasteiger partial charge in [-0.3, -0.25) is 5.10 Å². The molecule has 14 heavy (non-hydrogen) atoms. The summed E-state index contributed by atoms with van der Waals surface area (Å²) in [6.07, 6.45) is 5.04. The Bertz CT molecular complexity index is 240. The van der Waals surface area contributed by atoms with Gasteiger partial charge in [-0.05, 0) is 19.4 Å². The van der Waals surface area contributed by atoms with Crippen molar-refractivity contribution in [2.24, 2.45) is 0 Å². The van der Waals surface area contributed by atoms with Crippen molar-refractivity contribution in [3.8, 4) is 0 Å². The van der Waals surface area contributed by atoms with Crippen LogP contribution in [0.5, 0.6) is 0 Å². The minimum Gasteiger partial charge on any atom is -0.315 e. The van der Waals surface area contributed by atoms with Crippen molar-refractivity contribution in [1.29, 1.82) is 0 Å². The van der Waals surface area contributed by atoms with E-state index in [2.05, 4.69) is 25.8 Å². The van der Waals surface area contributed by atoms with Crippen LogP contribution in [0.3, 0.4) is 0 Å². The molecule has 1 fully saturated rings. The summed E-state index contributed by atoms with van der Waals surface area (Å²) in [5.74, 6) is 0.960. The molecule has 0 saturated carbocycles. The molecule has 5 heteroatoms. The maximum absolute atomic E-state index is 4.08. The van der Waals surface area contributed by atoms with Crippen molar-refractivity contribution < 1.29 is 0 Å². The normalized spacial score (nSPS) is 22.4. The number of aromatic nitrogens is 3. The molecule has 3 N–H and O–H groups in total. The molecule has 1 aliphatic heterocycles. The lowest BCUT2D eigenvalue weighted by Gasteiger charge is -2.23. The number of nitrogens with one attached hydrogen (secondary N) is 3.